The number of rotatable bonds is 7. The van der Waals surface area contributed by atoms with Crippen molar-refractivity contribution in [3.63, 3.8) is 0 Å². The van der Waals surface area contributed by atoms with Gasteiger partial charge in [-0.15, -0.1) is 0 Å². The van der Waals surface area contributed by atoms with Gasteiger partial charge in [0.2, 0.25) is 5.91 Å². The maximum absolute atomic E-state index is 12.0. The molecule has 0 unspecified atom stereocenters. The van der Waals surface area contributed by atoms with Gasteiger partial charge >= 0.3 is 0 Å². The molecular weight excluding hydrogens is 278 g/mol. The van der Waals surface area contributed by atoms with Crippen molar-refractivity contribution < 1.29 is 9.90 Å². The molecule has 1 rings (SSSR count). The lowest BCUT2D eigenvalue weighted by Crippen LogP contribution is -2.40. The highest BCUT2D eigenvalue weighted by Crippen LogP contribution is 2.24. The minimum absolute atomic E-state index is 0.0754. The summed E-state index contributed by atoms with van der Waals surface area (Å²) in [5, 5.41) is 17.2. The second kappa shape index (κ2) is 7.09. The molecule has 114 valence electrons. The zero-order valence-electron chi connectivity index (χ0n) is 12.7. The van der Waals surface area contributed by atoms with E-state index in [0.717, 1.165) is 24.2 Å². The zero-order chi connectivity index (χ0) is 15.3. The monoisotopic (exact) mass is 301 g/mol. The lowest BCUT2D eigenvalue weighted by molar-refractivity contribution is -0.122. The van der Waals surface area contributed by atoms with Crippen LogP contribution in [0, 0.1) is 19.3 Å². The second-order valence-corrected chi connectivity index (χ2v) is 5.66. The van der Waals surface area contributed by atoms with E-state index in [1.165, 1.54) is 0 Å². The molecular formula is C14H24ClN3O2. The molecule has 0 bridgehead atoms. The number of hydrogen-bond donors (Lipinski definition) is 2. The van der Waals surface area contributed by atoms with Gasteiger partial charge in [0.05, 0.1) is 23.0 Å². The number of carbonyl (C=O) groups excluding carboxylic acids is 1. The Balaban J connectivity index is 2.62. The van der Waals surface area contributed by atoms with Crippen LogP contribution < -0.4 is 5.32 Å². The third kappa shape index (κ3) is 3.73. The molecule has 1 aromatic heterocycles. The Labute approximate surface area is 125 Å². The molecule has 6 heteroatoms. The number of aromatic nitrogens is 2. The Kier molecular flexibility index (Phi) is 6.02. The number of aliphatic hydroxyl groups is 1. The SMILES string of the molecule is CCC(CC)(CO)CNC(=O)Cn1nc(C)c(Cl)c1C. The van der Waals surface area contributed by atoms with Crippen LogP contribution >= 0.6 is 11.6 Å². The first-order valence-corrected chi connectivity index (χ1v) is 7.34. The molecule has 0 aliphatic heterocycles. The standard InChI is InChI=1S/C14H24ClN3O2/c1-5-14(6-2,9-19)8-16-12(20)7-18-11(4)13(15)10(3)17-18/h19H,5-9H2,1-4H3,(H,16,20). The molecule has 1 aromatic rings. The molecule has 0 aliphatic carbocycles. The van der Waals surface area contributed by atoms with Gasteiger partial charge in [-0.05, 0) is 26.7 Å². The summed E-state index contributed by atoms with van der Waals surface area (Å²) in [6.45, 7) is 8.39. The van der Waals surface area contributed by atoms with Crippen molar-refractivity contribution >= 4 is 17.5 Å². The van der Waals surface area contributed by atoms with E-state index < -0.39 is 0 Å². The summed E-state index contributed by atoms with van der Waals surface area (Å²) in [5.74, 6) is -0.119. The minimum atomic E-state index is -0.234. The van der Waals surface area contributed by atoms with Crippen molar-refractivity contribution in [1.29, 1.82) is 0 Å². The van der Waals surface area contributed by atoms with Gasteiger partial charge < -0.3 is 10.4 Å². The van der Waals surface area contributed by atoms with E-state index in [4.69, 9.17) is 11.6 Å². The number of nitrogens with one attached hydrogen (secondary N) is 1. The first kappa shape index (κ1) is 17.0. The van der Waals surface area contributed by atoms with E-state index in [9.17, 15) is 9.90 Å². The summed E-state index contributed by atoms with van der Waals surface area (Å²) in [6, 6.07) is 0. The lowest BCUT2D eigenvalue weighted by atomic mass is 9.83. The van der Waals surface area contributed by atoms with Gasteiger partial charge in [0.25, 0.3) is 0 Å². The predicted molar refractivity (Wildman–Crippen MR) is 79.8 cm³/mol. The number of carbonyl (C=O) groups is 1. The first-order valence-electron chi connectivity index (χ1n) is 6.96. The fourth-order valence-corrected chi connectivity index (χ4v) is 2.22. The molecule has 0 spiro atoms. The van der Waals surface area contributed by atoms with Crippen molar-refractivity contribution in [3.8, 4) is 0 Å². The Morgan fingerprint density at radius 3 is 2.40 bits per heavy atom. The largest absolute Gasteiger partial charge is 0.396 e. The number of hydrogen-bond acceptors (Lipinski definition) is 3. The van der Waals surface area contributed by atoms with Crippen molar-refractivity contribution in [2.24, 2.45) is 5.41 Å². The van der Waals surface area contributed by atoms with Crippen LogP contribution in [0.1, 0.15) is 38.1 Å². The van der Waals surface area contributed by atoms with E-state index >= 15 is 0 Å². The molecule has 2 N–H and O–H groups in total. The topological polar surface area (TPSA) is 67.2 Å². The molecule has 1 amide bonds. The van der Waals surface area contributed by atoms with Gasteiger partial charge in [-0.1, -0.05) is 25.4 Å². The summed E-state index contributed by atoms with van der Waals surface area (Å²) in [4.78, 5) is 12.0. The Bertz CT molecular complexity index is 459. The van der Waals surface area contributed by atoms with E-state index in [1.807, 2.05) is 27.7 Å². The van der Waals surface area contributed by atoms with Crippen LogP contribution in [0.5, 0.6) is 0 Å². The summed E-state index contributed by atoms with van der Waals surface area (Å²) in [6.07, 6.45) is 1.65. The molecule has 0 radical (unpaired) electrons. The number of aryl methyl sites for hydroxylation is 1. The smallest absolute Gasteiger partial charge is 0.241 e. The first-order chi connectivity index (χ1) is 9.39. The fraction of sp³-hybridized carbons (Fsp3) is 0.714. The average molecular weight is 302 g/mol. The van der Waals surface area contributed by atoms with Crippen LogP contribution in [0.25, 0.3) is 0 Å². The van der Waals surface area contributed by atoms with Crippen LogP contribution in [0.2, 0.25) is 5.02 Å². The fourth-order valence-electron chi connectivity index (χ4n) is 2.09. The van der Waals surface area contributed by atoms with Gasteiger partial charge in [0.1, 0.15) is 6.54 Å². The third-order valence-electron chi connectivity index (χ3n) is 4.08. The minimum Gasteiger partial charge on any atom is -0.396 e. The predicted octanol–water partition coefficient (Wildman–Crippen LogP) is 2.07. The highest BCUT2D eigenvalue weighted by Gasteiger charge is 2.25. The molecule has 0 saturated heterocycles. The maximum Gasteiger partial charge on any atom is 0.241 e. The Morgan fingerprint density at radius 2 is 2.00 bits per heavy atom. The Morgan fingerprint density at radius 1 is 1.40 bits per heavy atom. The van der Waals surface area contributed by atoms with Crippen LogP contribution in [0.15, 0.2) is 0 Å². The lowest BCUT2D eigenvalue weighted by Gasteiger charge is -2.29. The summed E-state index contributed by atoms with van der Waals surface area (Å²) >= 11 is 6.05. The van der Waals surface area contributed by atoms with Crippen molar-refractivity contribution in [3.05, 3.63) is 16.4 Å². The van der Waals surface area contributed by atoms with E-state index in [0.29, 0.717) is 11.6 Å². The molecule has 0 fully saturated rings. The van der Waals surface area contributed by atoms with Crippen molar-refractivity contribution in [2.45, 2.75) is 47.1 Å². The summed E-state index contributed by atoms with van der Waals surface area (Å²) in [5.41, 5.74) is 1.28. The molecule has 5 nitrogen and oxygen atoms in total. The van der Waals surface area contributed by atoms with Crippen LogP contribution in [-0.2, 0) is 11.3 Å². The zero-order valence-corrected chi connectivity index (χ0v) is 13.4. The van der Waals surface area contributed by atoms with Gasteiger partial charge in [-0.25, -0.2) is 0 Å². The van der Waals surface area contributed by atoms with Crippen molar-refractivity contribution in [2.75, 3.05) is 13.2 Å². The normalized spacial score (nSPS) is 11.7. The van der Waals surface area contributed by atoms with E-state index in [-0.39, 0.29) is 24.5 Å². The summed E-state index contributed by atoms with van der Waals surface area (Å²) < 4.78 is 1.60. The number of amides is 1. The van der Waals surface area contributed by atoms with E-state index in [1.54, 1.807) is 4.68 Å². The van der Waals surface area contributed by atoms with Crippen LogP contribution in [0.3, 0.4) is 0 Å². The highest BCUT2D eigenvalue weighted by molar-refractivity contribution is 6.31. The maximum atomic E-state index is 12.0. The molecule has 1 heterocycles. The van der Waals surface area contributed by atoms with Gasteiger partial charge in [-0.3, -0.25) is 9.48 Å². The molecule has 0 aliphatic rings. The Hall–Kier alpha value is -1.07. The molecule has 0 saturated carbocycles. The van der Waals surface area contributed by atoms with Crippen molar-refractivity contribution in [1.82, 2.24) is 15.1 Å². The molecule has 0 aromatic carbocycles. The third-order valence-corrected chi connectivity index (χ3v) is 4.63. The molecule has 20 heavy (non-hydrogen) atoms. The molecule has 0 atom stereocenters. The van der Waals surface area contributed by atoms with Crippen LogP contribution in [-0.4, -0.2) is 33.9 Å². The average Bonchev–Trinajstić information content (AvgIpc) is 2.68. The quantitative estimate of drug-likeness (QED) is 0.810. The van der Waals surface area contributed by atoms with Gasteiger partial charge in [0, 0.05) is 12.0 Å². The summed E-state index contributed by atoms with van der Waals surface area (Å²) in [7, 11) is 0. The number of halogens is 1. The second-order valence-electron chi connectivity index (χ2n) is 5.28. The number of aliphatic hydroxyl groups excluding tert-OH is 1. The van der Waals surface area contributed by atoms with Gasteiger partial charge in [0.15, 0.2) is 0 Å². The van der Waals surface area contributed by atoms with Gasteiger partial charge in [-0.2, -0.15) is 5.10 Å². The van der Waals surface area contributed by atoms with E-state index in [2.05, 4.69) is 10.4 Å². The highest BCUT2D eigenvalue weighted by atomic mass is 35.5. The van der Waals surface area contributed by atoms with Crippen LogP contribution in [0.4, 0.5) is 0 Å². The number of nitrogens with zero attached hydrogens (tertiary/aromatic N) is 2.